The summed E-state index contributed by atoms with van der Waals surface area (Å²) in [5.41, 5.74) is 5.89. The molecule has 0 bridgehead atoms. The molecule has 1 rings (SSSR count). The molecule has 1 fully saturated rings. The highest BCUT2D eigenvalue weighted by Gasteiger charge is 2.26. The molecule has 0 aromatic carbocycles. The van der Waals surface area contributed by atoms with E-state index >= 15 is 0 Å². The zero-order valence-electron chi connectivity index (χ0n) is 10.6. The fourth-order valence-corrected chi connectivity index (χ4v) is 2.14. The van der Waals surface area contributed by atoms with Crippen LogP contribution < -0.4 is 5.73 Å². The summed E-state index contributed by atoms with van der Waals surface area (Å²) >= 11 is 0. The zero-order chi connectivity index (χ0) is 11.4. The van der Waals surface area contributed by atoms with Crippen molar-refractivity contribution < 1.29 is 4.74 Å². The molecule has 0 radical (unpaired) electrons. The Labute approximate surface area is 94.0 Å². The van der Waals surface area contributed by atoms with E-state index in [1.807, 2.05) is 7.11 Å². The number of likely N-dealkylation sites (tertiary alicyclic amines) is 1. The molecule has 3 nitrogen and oxygen atoms in total. The molecule has 2 N–H and O–H groups in total. The Morgan fingerprint density at radius 3 is 2.67 bits per heavy atom. The Kier molecular flexibility index (Phi) is 5.03. The van der Waals surface area contributed by atoms with E-state index in [-0.39, 0.29) is 6.04 Å². The van der Waals surface area contributed by atoms with Crippen LogP contribution in [0.15, 0.2) is 0 Å². The molecule has 1 saturated heterocycles. The van der Waals surface area contributed by atoms with Gasteiger partial charge in [-0.15, -0.1) is 0 Å². The van der Waals surface area contributed by atoms with Crippen molar-refractivity contribution in [2.45, 2.75) is 39.3 Å². The van der Waals surface area contributed by atoms with E-state index in [1.54, 1.807) is 0 Å². The molecule has 1 aliphatic heterocycles. The maximum atomic E-state index is 5.89. The Balaban J connectivity index is 2.38. The average Bonchev–Trinajstić information content (AvgIpc) is 2.20. The third kappa shape index (κ3) is 3.74. The second-order valence-electron chi connectivity index (χ2n) is 5.14. The Hall–Kier alpha value is -0.120. The van der Waals surface area contributed by atoms with Crippen molar-refractivity contribution in [2.75, 3.05) is 26.7 Å². The molecule has 0 aliphatic carbocycles. The first kappa shape index (κ1) is 12.9. The normalized spacial score (nSPS) is 32.6. The van der Waals surface area contributed by atoms with Crippen LogP contribution in [0.2, 0.25) is 0 Å². The molecule has 90 valence electrons. The van der Waals surface area contributed by atoms with E-state index in [9.17, 15) is 0 Å². The molecule has 0 aromatic rings. The summed E-state index contributed by atoms with van der Waals surface area (Å²) in [5, 5.41) is 0. The highest BCUT2D eigenvalue weighted by Crippen LogP contribution is 2.20. The van der Waals surface area contributed by atoms with Gasteiger partial charge in [-0.3, -0.25) is 0 Å². The molecular weight excluding hydrogens is 188 g/mol. The summed E-state index contributed by atoms with van der Waals surface area (Å²) in [6.45, 7) is 9.95. The van der Waals surface area contributed by atoms with Gasteiger partial charge in [-0.25, -0.2) is 0 Å². The van der Waals surface area contributed by atoms with Crippen LogP contribution in [0.3, 0.4) is 0 Å². The number of nitrogens with zero attached hydrogens (tertiary/aromatic N) is 1. The smallest absolute Gasteiger partial charge is 0.0724 e. The first-order chi connectivity index (χ1) is 7.04. The predicted molar refractivity (Wildman–Crippen MR) is 63.8 cm³/mol. The Morgan fingerprint density at radius 2 is 2.13 bits per heavy atom. The highest BCUT2D eigenvalue weighted by molar-refractivity contribution is 4.80. The standard InChI is InChI=1S/C12H26N2O/c1-9-5-6-14(8-12(9)15-4)7-10(2)11(3)13/h9-12H,5-8,13H2,1-4H3. The number of hydrogen-bond donors (Lipinski definition) is 1. The summed E-state index contributed by atoms with van der Waals surface area (Å²) in [6, 6.07) is 0.283. The van der Waals surface area contributed by atoms with Crippen molar-refractivity contribution in [3.63, 3.8) is 0 Å². The number of ether oxygens (including phenoxy) is 1. The predicted octanol–water partition coefficient (Wildman–Crippen LogP) is 1.33. The van der Waals surface area contributed by atoms with Gasteiger partial charge in [-0.2, -0.15) is 0 Å². The van der Waals surface area contributed by atoms with Crippen LogP contribution in [0.25, 0.3) is 0 Å². The molecule has 15 heavy (non-hydrogen) atoms. The molecular formula is C12H26N2O. The maximum Gasteiger partial charge on any atom is 0.0724 e. The molecule has 1 aliphatic rings. The van der Waals surface area contributed by atoms with Crippen molar-refractivity contribution in [1.29, 1.82) is 0 Å². The van der Waals surface area contributed by atoms with E-state index in [2.05, 4.69) is 25.7 Å². The first-order valence-electron chi connectivity index (χ1n) is 6.05. The fraction of sp³-hybridized carbons (Fsp3) is 1.00. The van der Waals surface area contributed by atoms with Crippen LogP contribution in [0.4, 0.5) is 0 Å². The number of piperidine rings is 1. The van der Waals surface area contributed by atoms with Crippen LogP contribution in [0.1, 0.15) is 27.2 Å². The monoisotopic (exact) mass is 214 g/mol. The largest absolute Gasteiger partial charge is 0.380 e. The molecule has 0 aromatic heterocycles. The third-order valence-electron chi connectivity index (χ3n) is 3.72. The molecule has 3 heteroatoms. The zero-order valence-corrected chi connectivity index (χ0v) is 10.6. The average molecular weight is 214 g/mol. The lowest BCUT2D eigenvalue weighted by molar-refractivity contribution is -0.00929. The number of nitrogens with two attached hydrogens (primary N) is 1. The Bertz CT molecular complexity index is 182. The van der Waals surface area contributed by atoms with Crippen LogP contribution in [0.5, 0.6) is 0 Å². The molecule has 4 unspecified atom stereocenters. The SMILES string of the molecule is COC1CN(CC(C)C(C)N)CCC1C. The minimum Gasteiger partial charge on any atom is -0.380 e. The van der Waals surface area contributed by atoms with E-state index < -0.39 is 0 Å². The highest BCUT2D eigenvalue weighted by atomic mass is 16.5. The summed E-state index contributed by atoms with van der Waals surface area (Å²) in [6.07, 6.45) is 1.64. The van der Waals surface area contributed by atoms with E-state index in [4.69, 9.17) is 10.5 Å². The van der Waals surface area contributed by atoms with Gasteiger partial charge >= 0.3 is 0 Å². The van der Waals surface area contributed by atoms with Gasteiger partial charge in [0.2, 0.25) is 0 Å². The van der Waals surface area contributed by atoms with Gasteiger partial charge < -0.3 is 15.4 Å². The molecule has 1 heterocycles. The molecule has 4 atom stereocenters. The van der Waals surface area contributed by atoms with Gasteiger partial charge in [0.05, 0.1) is 6.10 Å². The van der Waals surface area contributed by atoms with E-state index in [1.165, 1.54) is 13.0 Å². The lowest BCUT2D eigenvalue weighted by Gasteiger charge is -2.37. The van der Waals surface area contributed by atoms with Gasteiger partial charge in [0.1, 0.15) is 0 Å². The van der Waals surface area contributed by atoms with Gasteiger partial charge in [0.15, 0.2) is 0 Å². The minimum absolute atomic E-state index is 0.283. The molecule has 0 spiro atoms. The number of rotatable bonds is 4. The topological polar surface area (TPSA) is 38.5 Å². The van der Waals surface area contributed by atoms with Gasteiger partial charge in [0, 0.05) is 26.2 Å². The van der Waals surface area contributed by atoms with Crippen LogP contribution in [-0.4, -0.2) is 43.8 Å². The van der Waals surface area contributed by atoms with Gasteiger partial charge in [0.25, 0.3) is 0 Å². The second-order valence-corrected chi connectivity index (χ2v) is 5.14. The quantitative estimate of drug-likeness (QED) is 0.767. The van der Waals surface area contributed by atoms with Crippen LogP contribution >= 0.6 is 0 Å². The fourth-order valence-electron chi connectivity index (χ4n) is 2.14. The van der Waals surface area contributed by atoms with Crippen molar-refractivity contribution >= 4 is 0 Å². The van der Waals surface area contributed by atoms with Gasteiger partial charge in [-0.05, 0) is 31.7 Å². The maximum absolute atomic E-state index is 5.89. The number of methoxy groups -OCH3 is 1. The third-order valence-corrected chi connectivity index (χ3v) is 3.72. The van der Waals surface area contributed by atoms with E-state index in [0.717, 1.165) is 13.1 Å². The second kappa shape index (κ2) is 5.83. The first-order valence-corrected chi connectivity index (χ1v) is 6.05. The summed E-state index contributed by atoms with van der Waals surface area (Å²) in [7, 11) is 1.82. The van der Waals surface area contributed by atoms with E-state index in [0.29, 0.717) is 17.9 Å². The summed E-state index contributed by atoms with van der Waals surface area (Å²) in [5.74, 6) is 1.26. The minimum atomic E-state index is 0.283. The number of hydrogen-bond acceptors (Lipinski definition) is 3. The Morgan fingerprint density at radius 1 is 1.47 bits per heavy atom. The molecule has 0 saturated carbocycles. The van der Waals surface area contributed by atoms with Crippen molar-refractivity contribution in [1.82, 2.24) is 4.90 Å². The molecule has 0 amide bonds. The summed E-state index contributed by atoms with van der Waals surface area (Å²) < 4.78 is 5.50. The lowest BCUT2D eigenvalue weighted by atomic mass is 9.94. The van der Waals surface area contributed by atoms with Crippen molar-refractivity contribution in [3.8, 4) is 0 Å². The van der Waals surface area contributed by atoms with Crippen LogP contribution in [0, 0.1) is 11.8 Å². The van der Waals surface area contributed by atoms with Crippen molar-refractivity contribution in [3.05, 3.63) is 0 Å². The summed E-state index contributed by atoms with van der Waals surface area (Å²) in [4.78, 5) is 2.49. The lowest BCUT2D eigenvalue weighted by Crippen LogP contribution is -2.47. The van der Waals surface area contributed by atoms with Gasteiger partial charge in [-0.1, -0.05) is 13.8 Å². The van der Waals surface area contributed by atoms with Crippen molar-refractivity contribution in [2.24, 2.45) is 17.6 Å². The van der Waals surface area contributed by atoms with Crippen LogP contribution in [-0.2, 0) is 4.74 Å².